The second-order valence-electron chi connectivity index (χ2n) is 5.41. The standard InChI is InChI=1S/C12H22N4O2S/c1-14-6-4-11(5-7-14)8-16(3)19(17,18)12-9-15(2)10-13-12/h9-11H,4-8H2,1-3H3. The minimum Gasteiger partial charge on any atom is -0.339 e. The first-order chi connectivity index (χ1) is 8.89. The van der Waals surface area contributed by atoms with Gasteiger partial charge >= 0.3 is 0 Å². The van der Waals surface area contributed by atoms with Gasteiger partial charge in [-0.15, -0.1) is 0 Å². The molecule has 1 saturated heterocycles. The molecule has 0 amide bonds. The van der Waals surface area contributed by atoms with Crippen molar-refractivity contribution in [1.82, 2.24) is 18.8 Å². The Kier molecular flexibility index (Phi) is 4.27. The van der Waals surface area contributed by atoms with E-state index in [-0.39, 0.29) is 5.03 Å². The van der Waals surface area contributed by atoms with Gasteiger partial charge in [-0.2, -0.15) is 4.31 Å². The lowest BCUT2D eigenvalue weighted by molar-refractivity contribution is 0.202. The highest BCUT2D eigenvalue weighted by molar-refractivity contribution is 7.89. The highest BCUT2D eigenvalue weighted by atomic mass is 32.2. The molecule has 1 fully saturated rings. The summed E-state index contributed by atoms with van der Waals surface area (Å²) in [5.41, 5.74) is 0. The predicted molar refractivity (Wildman–Crippen MR) is 73.2 cm³/mol. The van der Waals surface area contributed by atoms with E-state index in [1.165, 1.54) is 10.6 Å². The fraction of sp³-hybridized carbons (Fsp3) is 0.750. The molecule has 1 aromatic rings. The van der Waals surface area contributed by atoms with E-state index < -0.39 is 10.0 Å². The summed E-state index contributed by atoms with van der Waals surface area (Å²) in [6.07, 6.45) is 5.16. The number of hydrogen-bond donors (Lipinski definition) is 0. The van der Waals surface area contributed by atoms with E-state index in [4.69, 9.17) is 0 Å². The van der Waals surface area contributed by atoms with Gasteiger partial charge in [-0.1, -0.05) is 0 Å². The van der Waals surface area contributed by atoms with E-state index in [1.807, 2.05) is 0 Å². The topological polar surface area (TPSA) is 58.4 Å². The number of imidazole rings is 1. The quantitative estimate of drug-likeness (QED) is 0.803. The van der Waals surface area contributed by atoms with Crippen molar-refractivity contribution in [1.29, 1.82) is 0 Å². The van der Waals surface area contributed by atoms with Gasteiger partial charge in [0.25, 0.3) is 10.0 Å². The zero-order chi connectivity index (χ0) is 14.0. The minimum absolute atomic E-state index is 0.130. The largest absolute Gasteiger partial charge is 0.339 e. The fourth-order valence-electron chi connectivity index (χ4n) is 2.39. The third kappa shape index (κ3) is 3.34. The van der Waals surface area contributed by atoms with Gasteiger partial charge in [-0.25, -0.2) is 13.4 Å². The summed E-state index contributed by atoms with van der Waals surface area (Å²) in [5, 5.41) is 0.130. The highest BCUT2D eigenvalue weighted by Crippen LogP contribution is 2.20. The Morgan fingerprint density at radius 1 is 1.37 bits per heavy atom. The van der Waals surface area contributed by atoms with Gasteiger partial charge in [0.1, 0.15) is 0 Å². The number of likely N-dealkylation sites (tertiary alicyclic amines) is 1. The first kappa shape index (κ1) is 14.5. The molecule has 0 saturated carbocycles. The van der Waals surface area contributed by atoms with Crippen LogP contribution < -0.4 is 0 Å². The number of nitrogens with zero attached hydrogens (tertiary/aromatic N) is 4. The summed E-state index contributed by atoms with van der Waals surface area (Å²) in [4.78, 5) is 6.22. The molecule has 1 aliphatic heterocycles. The summed E-state index contributed by atoms with van der Waals surface area (Å²) >= 11 is 0. The lowest BCUT2D eigenvalue weighted by Gasteiger charge is -2.31. The van der Waals surface area contributed by atoms with Gasteiger partial charge in [0.05, 0.1) is 6.33 Å². The number of hydrogen-bond acceptors (Lipinski definition) is 4. The summed E-state index contributed by atoms with van der Waals surface area (Å²) in [6.45, 7) is 2.66. The van der Waals surface area contributed by atoms with Crippen molar-refractivity contribution in [3.63, 3.8) is 0 Å². The second kappa shape index (κ2) is 5.60. The average Bonchev–Trinajstić information content (AvgIpc) is 2.79. The van der Waals surface area contributed by atoms with E-state index in [0.29, 0.717) is 12.5 Å². The van der Waals surface area contributed by atoms with Crippen LogP contribution in [0.15, 0.2) is 17.6 Å². The molecule has 0 aromatic carbocycles. The Morgan fingerprint density at radius 3 is 2.53 bits per heavy atom. The smallest absolute Gasteiger partial charge is 0.261 e. The molecule has 1 aliphatic rings. The predicted octanol–water partition coefficient (Wildman–Crippen LogP) is 0.382. The summed E-state index contributed by atoms with van der Waals surface area (Å²) in [7, 11) is 2.07. The molecule has 0 bridgehead atoms. The van der Waals surface area contributed by atoms with Gasteiger partial charge in [0, 0.05) is 26.8 Å². The minimum atomic E-state index is -3.44. The van der Waals surface area contributed by atoms with Crippen molar-refractivity contribution < 1.29 is 8.42 Å². The van der Waals surface area contributed by atoms with Gasteiger partial charge < -0.3 is 9.47 Å². The van der Waals surface area contributed by atoms with Crippen LogP contribution in [0.3, 0.4) is 0 Å². The van der Waals surface area contributed by atoms with Crippen LogP contribution in [0.2, 0.25) is 0 Å². The summed E-state index contributed by atoms with van der Waals surface area (Å²) < 4.78 is 27.7. The van der Waals surface area contributed by atoms with E-state index >= 15 is 0 Å². The summed E-state index contributed by atoms with van der Waals surface area (Å²) in [5.74, 6) is 0.444. The molecule has 1 aromatic heterocycles. The van der Waals surface area contributed by atoms with Crippen molar-refractivity contribution in [3.05, 3.63) is 12.5 Å². The maximum absolute atomic E-state index is 12.3. The Morgan fingerprint density at radius 2 is 2.00 bits per heavy atom. The number of sulfonamides is 1. The van der Waals surface area contributed by atoms with Gasteiger partial charge in [-0.3, -0.25) is 0 Å². The third-order valence-electron chi connectivity index (χ3n) is 3.71. The van der Waals surface area contributed by atoms with Crippen molar-refractivity contribution in [2.45, 2.75) is 17.9 Å². The van der Waals surface area contributed by atoms with Crippen LogP contribution in [-0.4, -0.2) is 60.9 Å². The lowest BCUT2D eigenvalue weighted by Crippen LogP contribution is -2.38. The van der Waals surface area contributed by atoms with Crippen LogP contribution in [0.25, 0.3) is 0 Å². The van der Waals surface area contributed by atoms with Crippen molar-refractivity contribution >= 4 is 10.0 Å². The molecule has 19 heavy (non-hydrogen) atoms. The van der Waals surface area contributed by atoms with E-state index in [1.54, 1.807) is 24.9 Å². The third-order valence-corrected chi connectivity index (χ3v) is 5.42. The second-order valence-corrected chi connectivity index (χ2v) is 7.40. The molecular formula is C12H22N4O2S. The molecular weight excluding hydrogens is 264 g/mol. The molecule has 7 heteroatoms. The van der Waals surface area contributed by atoms with E-state index in [9.17, 15) is 8.42 Å². The Balaban J connectivity index is 2.01. The van der Waals surface area contributed by atoms with Crippen LogP contribution in [0.1, 0.15) is 12.8 Å². The van der Waals surface area contributed by atoms with Crippen molar-refractivity contribution in [2.24, 2.45) is 13.0 Å². The van der Waals surface area contributed by atoms with E-state index in [0.717, 1.165) is 25.9 Å². The van der Waals surface area contributed by atoms with Crippen molar-refractivity contribution in [2.75, 3.05) is 33.7 Å². The van der Waals surface area contributed by atoms with Gasteiger partial charge in [0.15, 0.2) is 5.03 Å². The molecule has 2 heterocycles. The molecule has 0 atom stereocenters. The monoisotopic (exact) mass is 286 g/mol. The molecule has 2 rings (SSSR count). The maximum atomic E-state index is 12.3. The first-order valence-electron chi connectivity index (χ1n) is 6.52. The van der Waals surface area contributed by atoms with Crippen LogP contribution in [0, 0.1) is 5.92 Å². The zero-order valence-electron chi connectivity index (χ0n) is 11.8. The van der Waals surface area contributed by atoms with Gasteiger partial charge in [0.2, 0.25) is 0 Å². The molecule has 6 nitrogen and oxygen atoms in total. The fourth-order valence-corrected chi connectivity index (χ4v) is 3.59. The van der Waals surface area contributed by atoms with E-state index in [2.05, 4.69) is 16.9 Å². The van der Waals surface area contributed by atoms with Crippen LogP contribution in [0.5, 0.6) is 0 Å². The zero-order valence-corrected chi connectivity index (χ0v) is 12.6. The molecule has 108 valence electrons. The normalized spacial score (nSPS) is 19.2. The highest BCUT2D eigenvalue weighted by Gasteiger charge is 2.27. The van der Waals surface area contributed by atoms with Crippen LogP contribution >= 0.6 is 0 Å². The molecule has 0 unspecified atom stereocenters. The SMILES string of the molecule is CN1CCC(CN(C)S(=O)(=O)c2cn(C)cn2)CC1. The molecule has 0 radical (unpaired) electrons. The average molecular weight is 286 g/mol. The number of aryl methyl sites for hydroxylation is 1. The van der Waals surface area contributed by atoms with Crippen LogP contribution in [-0.2, 0) is 17.1 Å². The summed E-state index contributed by atoms with van der Waals surface area (Å²) in [6, 6.07) is 0. The Labute approximate surface area is 115 Å². The number of piperidine rings is 1. The Bertz CT molecular complexity index is 518. The van der Waals surface area contributed by atoms with Crippen LogP contribution in [0.4, 0.5) is 0 Å². The van der Waals surface area contributed by atoms with Gasteiger partial charge in [-0.05, 0) is 38.9 Å². The Hall–Kier alpha value is -0.920. The number of rotatable bonds is 4. The molecule has 0 spiro atoms. The van der Waals surface area contributed by atoms with Crippen molar-refractivity contribution in [3.8, 4) is 0 Å². The lowest BCUT2D eigenvalue weighted by atomic mass is 9.97. The molecule has 0 aliphatic carbocycles. The maximum Gasteiger partial charge on any atom is 0.261 e. The first-order valence-corrected chi connectivity index (χ1v) is 7.96. The molecule has 0 N–H and O–H groups in total. The number of aromatic nitrogens is 2.